The van der Waals surface area contributed by atoms with Crippen molar-refractivity contribution in [2.24, 2.45) is 0 Å². The molecule has 0 aromatic heterocycles. The van der Waals surface area contributed by atoms with Gasteiger partial charge in [-0.15, -0.1) is 6.58 Å². The Morgan fingerprint density at radius 2 is 1.50 bits per heavy atom. The van der Waals surface area contributed by atoms with Crippen LogP contribution < -0.4 is 0 Å². The number of hydrogen-bond acceptors (Lipinski definition) is 1. The Kier molecular flexibility index (Phi) is 2.01. The fraction of sp³-hybridized carbons (Fsp3) is 0.176. The van der Waals surface area contributed by atoms with Crippen LogP contribution in [0, 0.1) is 0 Å². The summed E-state index contributed by atoms with van der Waals surface area (Å²) in [5, 5.41) is 0. The van der Waals surface area contributed by atoms with E-state index in [1.54, 1.807) is 24.3 Å². The van der Waals surface area contributed by atoms with Gasteiger partial charge in [-0.05, 0) is 22.3 Å². The maximum Gasteiger partial charge on any atom is 0.0482 e. The van der Waals surface area contributed by atoms with Crippen molar-refractivity contribution in [2.45, 2.75) is 13.0 Å². The molecule has 0 unspecified atom stereocenters. The van der Waals surface area contributed by atoms with E-state index in [2.05, 4.69) is 6.58 Å². The molecule has 1 nitrogen and oxygen atoms in total. The molecule has 1 heteroatoms. The van der Waals surface area contributed by atoms with E-state index in [9.17, 15) is 0 Å². The summed E-state index contributed by atoms with van der Waals surface area (Å²) in [6.07, 6.45) is 1.53. The maximum absolute atomic E-state index is 8.54. The van der Waals surface area contributed by atoms with Gasteiger partial charge in [0.2, 0.25) is 0 Å². The Morgan fingerprint density at radius 3 is 2.00 bits per heavy atom. The molecule has 0 saturated carbocycles. The minimum atomic E-state index is -1.94. The highest BCUT2D eigenvalue weighted by Gasteiger charge is 2.17. The van der Waals surface area contributed by atoms with Crippen LogP contribution in [0.1, 0.15) is 16.6 Å². The van der Waals surface area contributed by atoms with Crippen molar-refractivity contribution in [3.63, 3.8) is 0 Å². The lowest BCUT2D eigenvalue weighted by Crippen LogP contribution is -2.21. The normalized spacial score (nSPS) is 23.3. The predicted octanol–water partition coefficient (Wildman–Crippen LogP) is 3.86. The van der Waals surface area contributed by atoms with Crippen molar-refractivity contribution >= 4 is 0 Å². The Morgan fingerprint density at radius 1 is 1.00 bits per heavy atom. The Balaban J connectivity index is 2.40. The van der Waals surface area contributed by atoms with E-state index in [0.717, 1.165) is 11.1 Å². The van der Waals surface area contributed by atoms with Gasteiger partial charge in [-0.3, -0.25) is 4.90 Å². The molecule has 3 rings (SSSR count). The lowest BCUT2D eigenvalue weighted by molar-refractivity contribution is 0.289. The van der Waals surface area contributed by atoms with Crippen molar-refractivity contribution in [2.75, 3.05) is 6.54 Å². The fourth-order valence-electron chi connectivity index (χ4n) is 2.17. The molecule has 0 N–H and O–H groups in total. The first-order valence-electron chi connectivity index (χ1n) is 7.98. The van der Waals surface area contributed by atoms with Crippen molar-refractivity contribution in [3.05, 3.63) is 72.3 Å². The molecule has 0 aliphatic carbocycles. The first-order valence-corrected chi connectivity index (χ1v) is 5.98. The quantitative estimate of drug-likeness (QED) is 0.719. The highest BCUT2D eigenvalue weighted by molar-refractivity contribution is 5.71. The third-order valence-corrected chi connectivity index (χ3v) is 2.97. The second kappa shape index (κ2) is 4.79. The summed E-state index contributed by atoms with van der Waals surface area (Å²) in [6.45, 7) is -0.107. The van der Waals surface area contributed by atoms with E-state index in [0.29, 0.717) is 11.1 Å². The van der Waals surface area contributed by atoms with Gasteiger partial charge in [-0.2, -0.15) is 0 Å². The van der Waals surface area contributed by atoms with Crippen LogP contribution in [0.5, 0.6) is 0 Å². The van der Waals surface area contributed by atoms with E-state index in [-0.39, 0.29) is 6.54 Å². The molecule has 1 aliphatic rings. The minimum Gasteiger partial charge on any atom is -0.291 e. The van der Waals surface area contributed by atoms with Crippen LogP contribution in [0.15, 0.2) is 61.2 Å². The summed E-state index contributed by atoms with van der Waals surface area (Å²) >= 11 is 0. The van der Waals surface area contributed by atoms with Crippen LogP contribution >= 0.6 is 0 Å². The molecule has 0 amide bonds. The molecule has 1 heterocycles. The van der Waals surface area contributed by atoms with Crippen molar-refractivity contribution in [3.8, 4) is 11.1 Å². The topological polar surface area (TPSA) is 3.24 Å². The molecule has 90 valence electrons. The molecule has 1 aliphatic heterocycles. The smallest absolute Gasteiger partial charge is 0.0482 e. The molecule has 0 atom stereocenters. The number of nitrogens with zero attached hydrogens (tertiary/aromatic N) is 1. The van der Waals surface area contributed by atoms with Crippen LogP contribution in [-0.2, 0) is 13.0 Å². The van der Waals surface area contributed by atoms with Gasteiger partial charge in [-0.1, -0.05) is 54.6 Å². The standard InChI is InChI=1S/C17H17N/c1-2-11-18-12-14-7-3-5-9-16(14)17-10-6-4-8-15(17)13-18/h2-10H,1,11-13H2/i12D2,13D2. The average Bonchev–Trinajstić information content (AvgIpc) is 2.56. The Bertz CT molecular complexity index is 667. The number of rotatable bonds is 2. The Labute approximate surface area is 114 Å². The van der Waals surface area contributed by atoms with E-state index in [1.165, 1.54) is 11.0 Å². The third-order valence-electron chi connectivity index (χ3n) is 2.97. The van der Waals surface area contributed by atoms with Gasteiger partial charge >= 0.3 is 0 Å². The summed E-state index contributed by atoms with van der Waals surface area (Å²) in [5.41, 5.74) is 2.42. The first-order chi connectivity index (χ1) is 10.4. The summed E-state index contributed by atoms with van der Waals surface area (Å²) < 4.78 is 34.2. The lowest BCUT2D eigenvalue weighted by atomic mass is 9.97. The zero-order valence-electron chi connectivity index (χ0n) is 14.1. The van der Waals surface area contributed by atoms with Crippen LogP contribution in [0.2, 0.25) is 0 Å². The molecule has 18 heavy (non-hydrogen) atoms. The zero-order chi connectivity index (χ0) is 16.0. The molecule has 0 spiro atoms. The highest BCUT2D eigenvalue weighted by Crippen LogP contribution is 2.32. The molecular weight excluding hydrogens is 218 g/mol. The van der Waals surface area contributed by atoms with Gasteiger partial charge in [0.1, 0.15) is 0 Å². The van der Waals surface area contributed by atoms with E-state index < -0.39 is 13.0 Å². The molecule has 2 aromatic rings. The summed E-state index contributed by atoms with van der Waals surface area (Å²) in [5.74, 6) is 0. The molecular formula is C17H17N. The minimum absolute atomic E-state index is 0.114. The van der Waals surface area contributed by atoms with Gasteiger partial charge in [-0.25, -0.2) is 0 Å². The summed E-state index contributed by atoms with van der Waals surface area (Å²) in [6, 6.07) is 14.4. The largest absolute Gasteiger partial charge is 0.291 e. The number of benzene rings is 2. The molecule has 0 saturated heterocycles. The van der Waals surface area contributed by atoms with Gasteiger partial charge in [0.15, 0.2) is 0 Å². The van der Waals surface area contributed by atoms with E-state index in [1.807, 2.05) is 24.3 Å². The van der Waals surface area contributed by atoms with Gasteiger partial charge in [0.25, 0.3) is 0 Å². The molecule has 2 aromatic carbocycles. The molecule has 0 bridgehead atoms. The fourth-order valence-corrected chi connectivity index (χ4v) is 2.17. The maximum atomic E-state index is 8.54. The number of hydrogen-bond donors (Lipinski definition) is 0. The monoisotopic (exact) mass is 239 g/mol. The van der Waals surface area contributed by atoms with Crippen LogP contribution in [-0.4, -0.2) is 11.4 Å². The summed E-state index contributed by atoms with van der Waals surface area (Å²) in [4.78, 5) is 1.22. The highest BCUT2D eigenvalue weighted by atomic mass is 15.1. The van der Waals surface area contributed by atoms with Crippen molar-refractivity contribution in [1.29, 1.82) is 0 Å². The van der Waals surface area contributed by atoms with Crippen LogP contribution in [0.4, 0.5) is 0 Å². The zero-order valence-corrected chi connectivity index (χ0v) is 10.1. The summed E-state index contributed by atoms with van der Waals surface area (Å²) in [7, 11) is 0. The molecule has 0 fully saturated rings. The van der Waals surface area contributed by atoms with Crippen LogP contribution in [0.25, 0.3) is 11.1 Å². The van der Waals surface area contributed by atoms with Crippen LogP contribution in [0.3, 0.4) is 0 Å². The lowest BCUT2D eigenvalue weighted by Gasteiger charge is -2.18. The van der Waals surface area contributed by atoms with E-state index in [4.69, 9.17) is 5.48 Å². The average molecular weight is 239 g/mol. The second-order valence-corrected chi connectivity index (χ2v) is 4.21. The molecule has 0 radical (unpaired) electrons. The van der Waals surface area contributed by atoms with E-state index >= 15 is 0 Å². The van der Waals surface area contributed by atoms with Gasteiger partial charge in [0.05, 0.1) is 0 Å². The number of fused-ring (bicyclic) bond motifs is 3. The van der Waals surface area contributed by atoms with Crippen molar-refractivity contribution in [1.82, 2.24) is 4.90 Å². The van der Waals surface area contributed by atoms with Crippen molar-refractivity contribution < 1.29 is 5.48 Å². The third kappa shape index (κ3) is 1.98. The predicted molar refractivity (Wildman–Crippen MR) is 76.2 cm³/mol. The van der Waals surface area contributed by atoms with Gasteiger partial charge in [0, 0.05) is 25.0 Å². The Hall–Kier alpha value is -1.86. The first kappa shape index (κ1) is 7.55. The SMILES string of the molecule is [2H]C1([2H])c2ccccc2-c2ccccc2C([2H])([2H])N1CC=C. The second-order valence-electron chi connectivity index (χ2n) is 4.21. The van der Waals surface area contributed by atoms with Gasteiger partial charge < -0.3 is 0 Å².